The predicted octanol–water partition coefficient (Wildman–Crippen LogP) is 2.27. The molecule has 2 atom stereocenters. The van der Waals surface area contributed by atoms with Crippen molar-refractivity contribution in [2.45, 2.75) is 44.8 Å². The summed E-state index contributed by atoms with van der Waals surface area (Å²) >= 11 is 1.45. The Kier molecular flexibility index (Phi) is 3.79. The fraction of sp³-hybridized carbons (Fsp3) is 0.769. The first-order valence-electron chi connectivity index (χ1n) is 7.07. The van der Waals surface area contributed by atoms with Crippen LogP contribution in [0.1, 0.15) is 32.6 Å². The number of hydrogen-bond acceptors (Lipinski definition) is 6. The van der Waals surface area contributed by atoms with Gasteiger partial charge in [0, 0.05) is 6.54 Å². The molecule has 0 amide bonds. The van der Waals surface area contributed by atoms with Gasteiger partial charge in [0.2, 0.25) is 0 Å². The number of hydrogen-bond donors (Lipinski definition) is 1. The van der Waals surface area contributed by atoms with E-state index < -0.39 is 0 Å². The van der Waals surface area contributed by atoms with Gasteiger partial charge in [0.25, 0.3) is 0 Å². The maximum Gasteiger partial charge on any atom is 0.197 e. The largest absolute Gasteiger partial charge is 0.487 e. The third-order valence-electron chi connectivity index (χ3n) is 3.94. The van der Waals surface area contributed by atoms with Crippen molar-refractivity contribution < 1.29 is 9.47 Å². The zero-order chi connectivity index (χ0) is 13.2. The summed E-state index contributed by atoms with van der Waals surface area (Å²) < 4.78 is 15.9. The summed E-state index contributed by atoms with van der Waals surface area (Å²) in [5.74, 6) is 1.28. The Morgan fingerprint density at radius 1 is 1.47 bits per heavy atom. The fourth-order valence-corrected chi connectivity index (χ4v) is 3.94. The van der Waals surface area contributed by atoms with E-state index in [1.807, 2.05) is 6.92 Å². The van der Waals surface area contributed by atoms with Gasteiger partial charge in [-0.3, -0.25) is 0 Å². The Morgan fingerprint density at radius 3 is 3.16 bits per heavy atom. The zero-order valence-electron chi connectivity index (χ0n) is 11.3. The van der Waals surface area contributed by atoms with Crippen molar-refractivity contribution in [3.63, 3.8) is 0 Å². The molecule has 0 bridgehead atoms. The highest BCUT2D eigenvalue weighted by Gasteiger charge is 2.36. The summed E-state index contributed by atoms with van der Waals surface area (Å²) in [6, 6.07) is 0.460. The van der Waals surface area contributed by atoms with E-state index in [-0.39, 0.29) is 0 Å². The third kappa shape index (κ3) is 2.39. The minimum Gasteiger partial charge on any atom is -0.487 e. The van der Waals surface area contributed by atoms with Crippen LogP contribution in [-0.4, -0.2) is 36.3 Å². The number of nitrogens with two attached hydrogens (primary N) is 1. The molecule has 1 saturated heterocycles. The summed E-state index contributed by atoms with van der Waals surface area (Å²) in [7, 11) is 0. The summed E-state index contributed by atoms with van der Waals surface area (Å²) in [4.78, 5) is 2.41. The van der Waals surface area contributed by atoms with Crippen LogP contribution >= 0.6 is 11.5 Å². The summed E-state index contributed by atoms with van der Waals surface area (Å²) in [5.41, 5.74) is 5.92. The van der Waals surface area contributed by atoms with Crippen molar-refractivity contribution in [1.29, 1.82) is 0 Å². The highest BCUT2D eigenvalue weighted by atomic mass is 32.1. The first kappa shape index (κ1) is 13.0. The second kappa shape index (κ2) is 5.54. The van der Waals surface area contributed by atoms with Crippen molar-refractivity contribution >= 4 is 22.4 Å². The molecule has 1 aromatic rings. The van der Waals surface area contributed by atoms with Gasteiger partial charge < -0.3 is 20.1 Å². The molecule has 6 heteroatoms. The van der Waals surface area contributed by atoms with Crippen LogP contribution in [0.3, 0.4) is 0 Å². The van der Waals surface area contributed by atoms with E-state index in [0.717, 1.165) is 23.9 Å². The lowest BCUT2D eigenvalue weighted by Gasteiger charge is -2.44. The molecule has 106 valence electrons. The standard InChI is InChI=1S/C13H21N3O2S/c1-2-17-11-12(14)15-19-13(11)16-7-8-18-10-6-4-3-5-9(10)16/h9-10H,2-8H2,1H3,(H2,14,15). The molecule has 2 aliphatic rings. The maximum absolute atomic E-state index is 5.92. The molecular weight excluding hydrogens is 262 g/mol. The van der Waals surface area contributed by atoms with Gasteiger partial charge in [0.15, 0.2) is 16.6 Å². The van der Waals surface area contributed by atoms with Gasteiger partial charge in [0.05, 0.1) is 25.4 Å². The van der Waals surface area contributed by atoms with Crippen molar-refractivity contribution in [2.24, 2.45) is 0 Å². The number of nitrogen functional groups attached to an aromatic ring is 1. The van der Waals surface area contributed by atoms with Crippen LogP contribution in [0.2, 0.25) is 0 Å². The number of fused-ring (bicyclic) bond motifs is 1. The van der Waals surface area contributed by atoms with Crippen LogP contribution in [0.15, 0.2) is 0 Å². The van der Waals surface area contributed by atoms with E-state index in [0.29, 0.717) is 24.6 Å². The van der Waals surface area contributed by atoms with E-state index >= 15 is 0 Å². The van der Waals surface area contributed by atoms with Crippen LogP contribution in [0.4, 0.5) is 10.8 Å². The molecular formula is C13H21N3O2S. The monoisotopic (exact) mass is 283 g/mol. The lowest BCUT2D eigenvalue weighted by molar-refractivity contribution is -0.00855. The second-order valence-electron chi connectivity index (χ2n) is 5.09. The van der Waals surface area contributed by atoms with Crippen LogP contribution in [0, 0.1) is 0 Å². The smallest absolute Gasteiger partial charge is 0.197 e. The number of ether oxygens (including phenoxy) is 2. The zero-order valence-corrected chi connectivity index (χ0v) is 12.1. The van der Waals surface area contributed by atoms with E-state index in [1.54, 1.807) is 0 Å². The highest BCUT2D eigenvalue weighted by Crippen LogP contribution is 2.42. The molecule has 19 heavy (non-hydrogen) atoms. The Morgan fingerprint density at radius 2 is 2.32 bits per heavy atom. The molecule has 5 nitrogen and oxygen atoms in total. The predicted molar refractivity (Wildman–Crippen MR) is 77.0 cm³/mol. The maximum atomic E-state index is 5.92. The first-order valence-corrected chi connectivity index (χ1v) is 7.84. The van der Waals surface area contributed by atoms with Gasteiger partial charge in [0.1, 0.15) is 0 Å². The number of nitrogens with zero attached hydrogens (tertiary/aromatic N) is 2. The van der Waals surface area contributed by atoms with E-state index in [2.05, 4.69) is 9.27 Å². The molecule has 2 unspecified atom stereocenters. The average molecular weight is 283 g/mol. The minimum absolute atomic E-state index is 0.361. The van der Waals surface area contributed by atoms with Crippen molar-refractivity contribution in [1.82, 2.24) is 4.37 Å². The minimum atomic E-state index is 0.361. The number of anilines is 2. The lowest BCUT2D eigenvalue weighted by atomic mass is 9.90. The van der Waals surface area contributed by atoms with Gasteiger partial charge in [-0.2, -0.15) is 4.37 Å². The Labute approximate surface area is 117 Å². The Hall–Kier alpha value is -1.01. The molecule has 2 fully saturated rings. The average Bonchev–Trinajstić information content (AvgIpc) is 2.80. The van der Waals surface area contributed by atoms with Crippen LogP contribution in [0.25, 0.3) is 0 Å². The molecule has 0 aromatic carbocycles. The molecule has 0 spiro atoms. The third-order valence-corrected chi connectivity index (χ3v) is 4.82. The molecule has 1 saturated carbocycles. The van der Waals surface area contributed by atoms with E-state index in [4.69, 9.17) is 15.2 Å². The van der Waals surface area contributed by atoms with E-state index in [1.165, 1.54) is 37.2 Å². The van der Waals surface area contributed by atoms with Gasteiger partial charge in [-0.15, -0.1) is 0 Å². The van der Waals surface area contributed by atoms with Crippen LogP contribution < -0.4 is 15.4 Å². The molecule has 1 aliphatic carbocycles. The quantitative estimate of drug-likeness (QED) is 0.922. The SMILES string of the molecule is CCOc1c(N)nsc1N1CCOC2CCCCC21. The molecule has 3 rings (SSSR count). The Bertz CT molecular complexity index is 436. The topological polar surface area (TPSA) is 60.6 Å². The van der Waals surface area contributed by atoms with Crippen molar-refractivity contribution in [3.8, 4) is 5.75 Å². The van der Waals surface area contributed by atoms with Gasteiger partial charge in [-0.25, -0.2) is 0 Å². The van der Waals surface area contributed by atoms with Gasteiger partial charge in [-0.1, -0.05) is 12.8 Å². The molecule has 1 aromatic heterocycles. The number of aromatic nitrogens is 1. The molecule has 0 radical (unpaired) electrons. The molecule has 1 aliphatic heterocycles. The first-order chi connectivity index (χ1) is 9.31. The van der Waals surface area contributed by atoms with Crippen LogP contribution in [0.5, 0.6) is 5.75 Å². The van der Waals surface area contributed by atoms with Crippen molar-refractivity contribution in [2.75, 3.05) is 30.4 Å². The van der Waals surface area contributed by atoms with Crippen LogP contribution in [-0.2, 0) is 4.74 Å². The van der Waals surface area contributed by atoms with Crippen molar-refractivity contribution in [3.05, 3.63) is 0 Å². The molecule has 2 heterocycles. The second-order valence-corrected chi connectivity index (χ2v) is 5.84. The lowest BCUT2D eigenvalue weighted by Crippen LogP contribution is -2.52. The number of morpholine rings is 1. The summed E-state index contributed by atoms with van der Waals surface area (Å²) in [6.07, 6.45) is 5.27. The normalized spacial score (nSPS) is 27.1. The van der Waals surface area contributed by atoms with Gasteiger partial charge in [-0.05, 0) is 31.3 Å². The highest BCUT2D eigenvalue weighted by molar-refractivity contribution is 7.11. The number of rotatable bonds is 3. The molecule has 2 N–H and O–H groups in total. The fourth-order valence-electron chi connectivity index (χ4n) is 3.10. The van der Waals surface area contributed by atoms with Gasteiger partial charge >= 0.3 is 0 Å². The summed E-state index contributed by atoms with van der Waals surface area (Å²) in [6.45, 7) is 4.28. The Balaban J connectivity index is 1.87. The van der Waals surface area contributed by atoms with E-state index in [9.17, 15) is 0 Å². The summed E-state index contributed by atoms with van der Waals surface area (Å²) in [5, 5.41) is 1.08.